The maximum atomic E-state index is 12.3. The zero-order chi connectivity index (χ0) is 21.1. The van der Waals surface area contributed by atoms with Gasteiger partial charge in [0.15, 0.2) is 11.9 Å². The molecule has 28 heavy (non-hydrogen) atoms. The van der Waals surface area contributed by atoms with Crippen LogP contribution in [-0.4, -0.2) is 83.3 Å². The third-order valence-electron chi connectivity index (χ3n) is 4.13. The van der Waals surface area contributed by atoms with Crippen molar-refractivity contribution in [2.75, 3.05) is 13.2 Å². The van der Waals surface area contributed by atoms with Crippen LogP contribution in [0.5, 0.6) is 0 Å². The highest BCUT2D eigenvalue weighted by atomic mass is 31.2. The Morgan fingerprint density at radius 2 is 1.82 bits per heavy atom. The predicted octanol–water partition coefficient (Wildman–Crippen LogP) is -0.179. The van der Waals surface area contributed by atoms with Gasteiger partial charge in [-0.05, 0) is 34.1 Å². The monoisotopic (exact) mass is 415 g/mol. The maximum Gasteiger partial charge on any atom is 0.268 e. The van der Waals surface area contributed by atoms with Crippen LogP contribution in [0.3, 0.4) is 0 Å². The van der Waals surface area contributed by atoms with Crippen molar-refractivity contribution in [2.45, 2.75) is 82.7 Å². The van der Waals surface area contributed by atoms with Crippen molar-refractivity contribution in [3.05, 3.63) is 0 Å². The fraction of sp³-hybridized carbons (Fsp3) is 0.938. The zero-order valence-electron chi connectivity index (χ0n) is 16.5. The highest BCUT2D eigenvalue weighted by Crippen LogP contribution is 2.43. The third-order valence-corrected chi connectivity index (χ3v) is 5.08. The number of hydrogen-bond acceptors (Lipinski definition) is 9. The summed E-state index contributed by atoms with van der Waals surface area (Å²) >= 11 is 0. The molecule has 9 nitrogen and oxygen atoms in total. The first-order chi connectivity index (χ1) is 13.0. The number of ether oxygens (including phenoxy) is 4. The van der Waals surface area contributed by atoms with Crippen molar-refractivity contribution >= 4 is 29.3 Å². The first-order valence-corrected chi connectivity index (χ1v) is 10.7. The number of ketones is 1. The molecule has 3 unspecified atom stereocenters. The summed E-state index contributed by atoms with van der Waals surface area (Å²) in [5, 5.41) is 0. The summed E-state index contributed by atoms with van der Waals surface area (Å²) in [6.07, 6.45) is -3.31. The molecule has 7 atom stereocenters. The van der Waals surface area contributed by atoms with Crippen LogP contribution in [0, 0.1) is 0 Å². The zero-order valence-corrected chi connectivity index (χ0v) is 17.4. The topological polar surface area (TPSA) is 113 Å². The van der Waals surface area contributed by atoms with Crippen molar-refractivity contribution in [1.82, 2.24) is 0 Å². The molecule has 2 heterocycles. The first-order valence-electron chi connectivity index (χ1n) is 9.25. The molecular weight excluding hydrogens is 389 g/mol. The van der Waals surface area contributed by atoms with Crippen LogP contribution in [0.15, 0.2) is 0 Å². The molecule has 2 saturated heterocycles. The summed E-state index contributed by atoms with van der Waals surface area (Å²) in [6, 6.07) is -1.87. The lowest BCUT2D eigenvalue weighted by molar-refractivity contribution is -0.234. The van der Waals surface area contributed by atoms with E-state index in [1.165, 1.54) is 0 Å². The van der Waals surface area contributed by atoms with Crippen LogP contribution in [-0.2, 0) is 37.4 Å². The molecule has 0 spiro atoms. The quantitative estimate of drug-likeness (QED) is 0.354. The average Bonchev–Trinajstić information content (AvgIpc) is 3.04. The molecule has 0 bridgehead atoms. The summed E-state index contributed by atoms with van der Waals surface area (Å²) < 4.78 is 43.8. The molecule has 2 fully saturated rings. The van der Waals surface area contributed by atoms with E-state index in [1.807, 2.05) is 13.8 Å². The van der Waals surface area contributed by atoms with E-state index in [-0.39, 0.29) is 25.4 Å². The van der Waals surface area contributed by atoms with Gasteiger partial charge in [-0.25, -0.2) is 0 Å². The molecule has 156 valence electrons. The van der Waals surface area contributed by atoms with Crippen molar-refractivity contribution in [3.63, 3.8) is 0 Å². The van der Waals surface area contributed by atoms with E-state index < -0.39 is 50.0 Å². The minimum absolute atomic E-state index is 0.0489. The molecule has 4 radical (unpaired) electrons. The van der Waals surface area contributed by atoms with Gasteiger partial charge >= 0.3 is 0 Å². The van der Waals surface area contributed by atoms with Gasteiger partial charge in [0.05, 0.1) is 37.5 Å². The van der Waals surface area contributed by atoms with Gasteiger partial charge in [0.1, 0.15) is 27.9 Å². The Labute approximate surface area is 168 Å². The van der Waals surface area contributed by atoms with Crippen molar-refractivity contribution < 1.29 is 42.2 Å². The van der Waals surface area contributed by atoms with Crippen LogP contribution in [0.4, 0.5) is 0 Å². The molecule has 0 saturated carbocycles. The number of rotatable bonds is 10. The Kier molecular flexibility index (Phi) is 8.73. The Morgan fingerprint density at radius 3 is 2.43 bits per heavy atom. The largest absolute Gasteiger partial charge is 0.756 e. The summed E-state index contributed by atoms with van der Waals surface area (Å²) in [5.74, 6) is -0.697. The molecule has 0 N–H and O–H groups in total. The van der Waals surface area contributed by atoms with Crippen LogP contribution < -0.4 is 4.89 Å². The van der Waals surface area contributed by atoms with Gasteiger partial charge in [-0.15, -0.1) is 0 Å². The minimum Gasteiger partial charge on any atom is -0.756 e. The highest BCUT2D eigenvalue weighted by molar-refractivity contribution is 7.45. The van der Waals surface area contributed by atoms with Gasteiger partial charge in [-0.2, -0.15) is 0 Å². The van der Waals surface area contributed by atoms with E-state index in [4.69, 9.17) is 43.7 Å². The smallest absolute Gasteiger partial charge is 0.268 e. The number of carbonyl (C=O) groups excluding carboxylic acids is 1. The first kappa shape index (κ1) is 24.0. The normalized spacial score (nSPS) is 35.8. The van der Waals surface area contributed by atoms with Gasteiger partial charge in [-0.1, -0.05) is 0 Å². The van der Waals surface area contributed by atoms with Gasteiger partial charge in [0, 0.05) is 6.00 Å². The van der Waals surface area contributed by atoms with Crippen LogP contribution in [0.1, 0.15) is 34.1 Å². The molecule has 2 aliphatic rings. The second-order valence-corrected chi connectivity index (χ2v) is 8.68. The molecule has 2 aliphatic heterocycles. The van der Waals surface area contributed by atoms with E-state index in [0.29, 0.717) is 6.42 Å². The van der Waals surface area contributed by atoms with Crippen LogP contribution in [0.25, 0.3) is 0 Å². The van der Waals surface area contributed by atoms with Gasteiger partial charge < -0.3 is 32.9 Å². The van der Waals surface area contributed by atoms with Gasteiger partial charge in [0.2, 0.25) is 0 Å². The Morgan fingerprint density at radius 1 is 1.14 bits per heavy atom. The van der Waals surface area contributed by atoms with Crippen molar-refractivity contribution in [1.29, 1.82) is 0 Å². The summed E-state index contributed by atoms with van der Waals surface area (Å²) in [7, 11) is 6.43. The lowest BCUT2D eigenvalue weighted by Crippen LogP contribution is -2.36. The van der Waals surface area contributed by atoms with E-state index in [2.05, 4.69) is 0 Å². The lowest BCUT2D eigenvalue weighted by atomic mass is 9.95. The second-order valence-electron chi connectivity index (χ2n) is 7.32. The molecule has 0 aromatic heterocycles. The summed E-state index contributed by atoms with van der Waals surface area (Å²) in [4.78, 5) is 24.4. The average molecular weight is 415 g/mol. The highest BCUT2D eigenvalue weighted by Gasteiger charge is 2.44. The number of carbonyl (C=O) groups is 1. The molecule has 0 aromatic rings. The lowest BCUT2D eigenvalue weighted by Gasteiger charge is -2.29. The van der Waals surface area contributed by atoms with E-state index >= 15 is 0 Å². The molecule has 0 aromatic carbocycles. The fourth-order valence-electron chi connectivity index (χ4n) is 2.93. The van der Waals surface area contributed by atoms with Crippen LogP contribution in [0.2, 0.25) is 0 Å². The summed E-state index contributed by atoms with van der Waals surface area (Å²) in [6.45, 7) is 6.86. The van der Waals surface area contributed by atoms with Crippen LogP contribution >= 0.6 is 7.82 Å². The number of Topliss-reactive ketones (excluding diaryl/α,β-unsaturated/α-hetero) is 1. The predicted molar refractivity (Wildman–Crippen MR) is 98.0 cm³/mol. The van der Waals surface area contributed by atoms with Crippen molar-refractivity contribution in [2.24, 2.45) is 0 Å². The Bertz CT molecular complexity index is 576. The standard InChI is InChI=1S/C16H27B2O9P/c1-8(2)22-6-12-15(14(19)16(18)26-12)27-28(20,21)23-7-11-10(24-9(3)4)5-13(17)25-11/h8-13,15-16H,5-7H2,1-4H3,(H,20,21)/p-1/t10?,11-,12-,13-,15?,16-/m1/s1. The fourth-order valence-corrected chi connectivity index (χ4v) is 3.84. The van der Waals surface area contributed by atoms with Gasteiger partial charge in [-0.3, -0.25) is 9.36 Å². The summed E-state index contributed by atoms with van der Waals surface area (Å²) in [5.41, 5.74) is 0. The van der Waals surface area contributed by atoms with E-state index in [9.17, 15) is 14.3 Å². The third kappa shape index (κ3) is 6.92. The number of phosphoric acid groups is 1. The molecular formula is C16H26B2O9P-. The molecule has 0 amide bonds. The van der Waals surface area contributed by atoms with Crippen molar-refractivity contribution in [3.8, 4) is 0 Å². The van der Waals surface area contributed by atoms with Gasteiger partial charge in [0.25, 0.3) is 7.82 Å². The Hall–Kier alpha value is -0.250. The minimum atomic E-state index is -4.86. The second kappa shape index (κ2) is 10.2. The SMILES string of the molecule is [B][C@@H]1O[C@H](COC(C)C)C(OP(=O)([O-])OC[C@H]2O[C@@H]([B])CC2OC(C)C)C1=O. The van der Waals surface area contributed by atoms with E-state index in [1.54, 1.807) is 13.8 Å². The molecule has 0 aliphatic carbocycles. The molecule has 12 heteroatoms. The van der Waals surface area contributed by atoms with E-state index in [0.717, 1.165) is 0 Å². The maximum absolute atomic E-state index is 12.3. The number of phosphoric ester groups is 1. The number of hydrogen-bond donors (Lipinski definition) is 0. The molecule has 2 rings (SSSR count). The Balaban J connectivity index is 1.94.